The fourth-order valence-electron chi connectivity index (χ4n) is 2.01. The van der Waals surface area contributed by atoms with Gasteiger partial charge < -0.3 is 24.1 Å². The minimum atomic E-state index is 0.663. The van der Waals surface area contributed by atoms with Gasteiger partial charge in [-0.3, -0.25) is 0 Å². The van der Waals surface area contributed by atoms with Crippen LogP contribution >= 0.6 is 0 Å². The largest absolute Gasteiger partial charge is 0.385 e. The maximum Gasteiger partial charge on any atom is 0.203 e. The third-order valence-corrected chi connectivity index (χ3v) is 3.07. The zero-order chi connectivity index (χ0) is 15.3. The van der Waals surface area contributed by atoms with E-state index in [1.54, 1.807) is 14.2 Å². The number of aromatic nitrogens is 2. The number of hydrogen-bond acceptors (Lipinski definition) is 5. The SMILES string of the molecule is COCCCn1cc(C)nc1NCCCCOCCOC. The maximum atomic E-state index is 5.43. The van der Waals surface area contributed by atoms with Crippen LogP contribution in [0.25, 0.3) is 0 Å². The van der Waals surface area contributed by atoms with Crippen molar-refractivity contribution in [3.63, 3.8) is 0 Å². The molecule has 6 heteroatoms. The number of rotatable bonds is 13. The predicted octanol–water partition coefficient (Wildman–Crippen LogP) is 2.08. The quantitative estimate of drug-likeness (QED) is 0.565. The lowest BCUT2D eigenvalue weighted by Gasteiger charge is -2.09. The van der Waals surface area contributed by atoms with Crippen molar-refractivity contribution >= 4 is 5.95 Å². The molecule has 0 fully saturated rings. The van der Waals surface area contributed by atoms with E-state index in [4.69, 9.17) is 14.2 Å². The van der Waals surface area contributed by atoms with Gasteiger partial charge in [0.05, 0.1) is 18.9 Å². The van der Waals surface area contributed by atoms with Gasteiger partial charge in [0.25, 0.3) is 0 Å². The van der Waals surface area contributed by atoms with Crippen LogP contribution in [-0.4, -0.2) is 56.7 Å². The van der Waals surface area contributed by atoms with E-state index in [0.29, 0.717) is 13.2 Å². The Morgan fingerprint density at radius 2 is 1.86 bits per heavy atom. The molecule has 122 valence electrons. The summed E-state index contributed by atoms with van der Waals surface area (Å²) in [6, 6.07) is 0. The lowest BCUT2D eigenvalue weighted by molar-refractivity contribution is 0.0691. The summed E-state index contributed by atoms with van der Waals surface area (Å²) >= 11 is 0. The fourth-order valence-corrected chi connectivity index (χ4v) is 2.01. The number of hydrogen-bond donors (Lipinski definition) is 1. The second kappa shape index (κ2) is 11.5. The topological polar surface area (TPSA) is 57.5 Å². The number of imidazole rings is 1. The van der Waals surface area contributed by atoms with Crippen LogP contribution < -0.4 is 5.32 Å². The number of methoxy groups -OCH3 is 2. The van der Waals surface area contributed by atoms with E-state index in [2.05, 4.69) is 21.1 Å². The zero-order valence-electron chi connectivity index (χ0n) is 13.6. The molecule has 1 rings (SSSR count). The average Bonchev–Trinajstić information content (AvgIpc) is 2.82. The molecule has 21 heavy (non-hydrogen) atoms. The molecule has 0 radical (unpaired) electrons. The lowest BCUT2D eigenvalue weighted by Crippen LogP contribution is -2.10. The molecule has 0 unspecified atom stereocenters. The first-order valence-corrected chi connectivity index (χ1v) is 7.61. The Hall–Kier alpha value is -1.11. The summed E-state index contributed by atoms with van der Waals surface area (Å²) in [6.07, 6.45) is 5.18. The molecular formula is C15H29N3O3. The molecule has 0 aromatic carbocycles. The maximum absolute atomic E-state index is 5.43. The van der Waals surface area contributed by atoms with Crippen LogP contribution in [0.15, 0.2) is 6.20 Å². The molecule has 0 amide bonds. The summed E-state index contributed by atoms with van der Waals surface area (Å²) in [6.45, 7) is 6.75. The molecule has 1 aromatic rings. The van der Waals surface area contributed by atoms with E-state index in [9.17, 15) is 0 Å². The molecule has 0 spiro atoms. The Morgan fingerprint density at radius 1 is 1.05 bits per heavy atom. The molecular weight excluding hydrogens is 270 g/mol. The highest BCUT2D eigenvalue weighted by atomic mass is 16.5. The van der Waals surface area contributed by atoms with Crippen molar-refractivity contribution in [3.05, 3.63) is 11.9 Å². The highest BCUT2D eigenvalue weighted by Crippen LogP contribution is 2.09. The van der Waals surface area contributed by atoms with E-state index in [0.717, 1.165) is 57.2 Å². The number of nitrogens with one attached hydrogen (secondary N) is 1. The van der Waals surface area contributed by atoms with Gasteiger partial charge in [-0.1, -0.05) is 0 Å². The van der Waals surface area contributed by atoms with Crippen LogP contribution in [0.3, 0.4) is 0 Å². The van der Waals surface area contributed by atoms with Crippen molar-refractivity contribution in [3.8, 4) is 0 Å². The Balaban J connectivity index is 2.16. The number of anilines is 1. The Bertz CT molecular complexity index is 369. The molecule has 1 aromatic heterocycles. The summed E-state index contributed by atoms with van der Waals surface area (Å²) in [5.41, 5.74) is 1.04. The molecule has 1 N–H and O–H groups in total. The minimum absolute atomic E-state index is 0.663. The highest BCUT2D eigenvalue weighted by Gasteiger charge is 2.04. The number of aryl methyl sites for hydroxylation is 2. The van der Waals surface area contributed by atoms with Crippen LogP contribution in [0.4, 0.5) is 5.95 Å². The molecule has 6 nitrogen and oxygen atoms in total. The van der Waals surface area contributed by atoms with Gasteiger partial charge in [0.2, 0.25) is 5.95 Å². The van der Waals surface area contributed by atoms with E-state index >= 15 is 0 Å². The normalized spacial score (nSPS) is 11.0. The van der Waals surface area contributed by atoms with Gasteiger partial charge in [0, 0.05) is 46.7 Å². The van der Waals surface area contributed by atoms with Gasteiger partial charge in [-0.2, -0.15) is 0 Å². The van der Waals surface area contributed by atoms with Crippen molar-refractivity contribution in [2.45, 2.75) is 32.7 Å². The molecule has 0 aliphatic carbocycles. The summed E-state index contributed by atoms with van der Waals surface area (Å²) in [5, 5.41) is 3.39. The standard InChI is InChI=1S/C15H29N3O3/c1-14-13-18(8-6-9-19-2)15(17-14)16-7-4-5-10-21-12-11-20-3/h13H,4-12H2,1-3H3,(H,16,17). The molecule has 0 aliphatic heterocycles. The van der Waals surface area contributed by atoms with E-state index in [1.807, 2.05) is 6.92 Å². The summed E-state index contributed by atoms with van der Waals surface area (Å²) in [5.74, 6) is 0.948. The van der Waals surface area contributed by atoms with Crippen LogP contribution in [0, 0.1) is 6.92 Å². The molecule has 0 saturated heterocycles. The summed E-state index contributed by atoms with van der Waals surface area (Å²) in [7, 11) is 3.41. The molecule has 0 saturated carbocycles. The second-order valence-corrected chi connectivity index (χ2v) is 4.98. The first-order chi connectivity index (χ1) is 10.3. The van der Waals surface area contributed by atoms with Crippen LogP contribution in [-0.2, 0) is 20.8 Å². The van der Waals surface area contributed by atoms with Gasteiger partial charge in [-0.15, -0.1) is 0 Å². The molecule has 0 bridgehead atoms. The second-order valence-electron chi connectivity index (χ2n) is 4.98. The highest BCUT2D eigenvalue weighted by molar-refractivity contribution is 5.28. The molecule has 0 atom stereocenters. The monoisotopic (exact) mass is 299 g/mol. The van der Waals surface area contributed by atoms with Gasteiger partial charge in [0.15, 0.2) is 0 Å². The zero-order valence-corrected chi connectivity index (χ0v) is 13.6. The van der Waals surface area contributed by atoms with Crippen LogP contribution in [0.2, 0.25) is 0 Å². The molecule has 0 aliphatic rings. The summed E-state index contributed by atoms with van der Waals surface area (Å²) < 4.78 is 17.6. The van der Waals surface area contributed by atoms with Crippen molar-refractivity contribution < 1.29 is 14.2 Å². The number of ether oxygens (including phenoxy) is 3. The van der Waals surface area contributed by atoms with Crippen molar-refractivity contribution in [2.24, 2.45) is 0 Å². The summed E-state index contributed by atoms with van der Waals surface area (Å²) in [4.78, 5) is 4.51. The smallest absolute Gasteiger partial charge is 0.203 e. The predicted molar refractivity (Wildman–Crippen MR) is 83.9 cm³/mol. The lowest BCUT2D eigenvalue weighted by atomic mass is 10.3. The van der Waals surface area contributed by atoms with E-state index in [-0.39, 0.29) is 0 Å². The van der Waals surface area contributed by atoms with Gasteiger partial charge in [-0.05, 0) is 26.2 Å². The van der Waals surface area contributed by atoms with Gasteiger partial charge in [0.1, 0.15) is 0 Å². The number of nitrogens with zero attached hydrogens (tertiary/aromatic N) is 2. The van der Waals surface area contributed by atoms with Crippen LogP contribution in [0.5, 0.6) is 0 Å². The first kappa shape index (κ1) is 17.9. The molecule has 1 heterocycles. The Kier molecular flexibility index (Phi) is 9.86. The van der Waals surface area contributed by atoms with Crippen molar-refractivity contribution in [1.29, 1.82) is 0 Å². The third kappa shape index (κ3) is 8.04. The van der Waals surface area contributed by atoms with Gasteiger partial charge >= 0.3 is 0 Å². The minimum Gasteiger partial charge on any atom is -0.385 e. The fraction of sp³-hybridized carbons (Fsp3) is 0.800. The Labute approximate surface area is 127 Å². The van der Waals surface area contributed by atoms with Crippen LogP contribution in [0.1, 0.15) is 25.0 Å². The number of unbranched alkanes of at least 4 members (excludes halogenated alkanes) is 1. The first-order valence-electron chi connectivity index (χ1n) is 7.61. The van der Waals surface area contributed by atoms with Crippen molar-refractivity contribution in [1.82, 2.24) is 9.55 Å². The van der Waals surface area contributed by atoms with E-state index in [1.165, 1.54) is 0 Å². The third-order valence-electron chi connectivity index (χ3n) is 3.07. The van der Waals surface area contributed by atoms with Gasteiger partial charge in [-0.25, -0.2) is 4.98 Å². The Morgan fingerprint density at radius 3 is 2.62 bits per heavy atom. The van der Waals surface area contributed by atoms with Crippen molar-refractivity contribution in [2.75, 3.05) is 52.5 Å². The average molecular weight is 299 g/mol. The van der Waals surface area contributed by atoms with E-state index < -0.39 is 0 Å².